The number of carbonyl (C=O) groups excluding carboxylic acids is 1. The van der Waals surface area contributed by atoms with E-state index in [4.69, 9.17) is 16.3 Å². The van der Waals surface area contributed by atoms with Crippen molar-refractivity contribution >= 4 is 27.5 Å². The number of hydrogen-bond donors (Lipinski definition) is 0. The van der Waals surface area contributed by atoms with E-state index in [-0.39, 0.29) is 30.3 Å². The van der Waals surface area contributed by atoms with Crippen LogP contribution in [0.3, 0.4) is 0 Å². The van der Waals surface area contributed by atoms with E-state index in [0.29, 0.717) is 23.9 Å². The Balaban J connectivity index is 1.61. The molecule has 0 unspecified atom stereocenters. The highest BCUT2D eigenvalue weighted by atomic mass is 35.5. The Morgan fingerprint density at radius 2 is 1.74 bits per heavy atom. The number of benzene rings is 2. The molecule has 27 heavy (non-hydrogen) atoms. The van der Waals surface area contributed by atoms with E-state index >= 15 is 0 Å². The van der Waals surface area contributed by atoms with Gasteiger partial charge < -0.3 is 9.64 Å². The van der Waals surface area contributed by atoms with Crippen molar-refractivity contribution in [3.8, 4) is 5.75 Å². The lowest BCUT2D eigenvalue weighted by molar-refractivity contribution is -0.131. The normalized spacial score (nSPS) is 15.6. The minimum atomic E-state index is -3.58. The minimum Gasteiger partial charge on any atom is -0.497 e. The van der Waals surface area contributed by atoms with Crippen molar-refractivity contribution in [3.63, 3.8) is 0 Å². The molecule has 1 amide bonds. The molecule has 0 radical (unpaired) electrons. The summed E-state index contributed by atoms with van der Waals surface area (Å²) in [4.78, 5) is 14.4. The SMILES string of the molecule is COc1cccc(CC(=O)N2CCN(S(=O)(=O)c3ccc(Cl)cc3)CC2)c1. The summed E-state index contributed by atoms with van der Waals surface area (Å²) in [7, 11) is -1.99. The van der Waals surface area contributed by atoms with Crippen LogP contribution in [-0.4, -0.2) is 56.8 Å². The van der Waals surface area contributed by atoms with Crippen LogP contribution < -0.4 is 4.74 Å². The van der Waals surface area contributed by atoms with E-state index in [0.717, 1.165) is 5.56 Å². The monoisotopic (exact) mass is 408 g/mol. The molecule has 1 fully saturated rings. The van der Waals surface area contributed by atoms with Gasteiger partial charge >= 0.3 is 0 Å². The van der Waals surface area contributed by atoms with Crippen LogP contribution in [-0.2, 0) is 21.2 Å². The fraction of sp³-hybridized carbons (Fsp3) is 0.316. The summed E-state index contributed by atoms with van der Waals surface area (Å²) in [5.41, 5.74) is 0.871. The van der Waals surface area contributed by atoms with Crippen LogP contribution >= 0.6 is 11.6 Å². The number of sulfonamides is 1. The molecule has 144 valence electrons. The summed E-state index contributed by atoms with van der Waals surface area (Å²) in [5, 5.41) is 0.488. The number of methoxy groups -OCH3 is 1. The number of amides is 1. The average Bonchev–Trinajstić information content (AvgIpc) is 2.68. The second kappa shape index (κ2) is 8.29. The third-order valence-corrected chi connectivity index (χ3v) is 6.70. The van der Waals surface area contributed by atoms with E-state index in [9.17, 15) is 13.2 Å². The molecule has 0 aliphatic carbocycles. The van der Waals surface area contributed by atoms with Gasteiger partial charge in [-0.15, -0.1) is 0 Å². The molecule has 6 nitrogen and oxygen atoms in total. The Morgan fingerprint density at radius 1 is 1.07 bits per heavy atom. The molecule has 2 aromatic rings. The summed E-state index contributed by atoms with van der Waals surface area (Å²) in [6.45, 7) is 1.29. The van der Waals surface area contributed by atoms with Gasteiger partial charge in [0.2, 0.25) is 15.9 Å². The third kappa shape index (κ3) is 4.61. The number of carbonyl (C=O) groups is 1. The first-order valence-electron chi connectivity index (χ1n) is 8.56. The van der Waals surface area contributed by atoms with E-state index < -0.39 is 10.0 Å². The van der Waals surface area contributed by atoms with Crippen molar-refractivity contribution in [1.82, 2.24) is 9.21 Å². The number of hydrogen-bond acceptors (Lipinski definition) is 4. The Morgan fingerprint density at radius 3 is 2.37 bits per heavy atom. The van der Waals surface area contributed by atoms with Gasteiger partial charge in [0.1, 0.15) is 5.75 Å². The van der Waals surface area contributed by atoms with E-state index in [1.165, 1.54) is 16.4 Å². The molecule has 0 saturated carbocycles. The van der Waals surface area contributed by atoms with Gasteiger partial charge in [-0.25, -0.2) is 8.42 Å². The van der Waals surface area contributed by atoms with Gasteiger partial charge in [-0.1, -0.05) is 23.7 Å². The lowest BCUT2D eigenvalue weighted by atomic mass is 10.1. The zero-order chi connectivity index (χ0) is 19.4. The second-order valence-electron chi connectivity index (χ2n) is 6.27. The van der Waals surface area contributed by atoms with Crippen molar-refractivity contribution in [2.45, 2.75) is 11.3 Å². The first-order valence-corrected chi connectivity index (χ1v) is 10.4. The van der Waals surface area contributed by atoms with Crippen LogP contribution in [0.2, 0.25) is 5.02 Å². The highest BCUT2D eigenvalue weighted by molar-refractivity contribution is 7.89. The molecule has 0 spiro atoms. The molecule has 0 aromatic heterocycles. The zero-order valence-electron chi connectivity index (χ0n) is 15.0. The summed E-state index contributed by atoms with van der Waals surface area (Å²) < 4.78 is 32.0. The number of ether oxygens (including phenoxy) is 1. The van der Waals surface area contributed by atoms with E-state index in [1.807, 2.05) is 24.3 Å². The predicted molar refractivity (Wildman–Crippen MR) is 103 cm³/mol. The lowest BCUT2D eigenvalue weighted by Gasteiger charge is -2.34. The average molecular weight is 409 g/mol. The molecule has 0 N–H and O–H groups in total. The Hall–Kier alpha value is -2.09. The van der Waals surface area contributed by atoms with Crippen molar-refractivity contribution in [2.24, 2.45) is 0 Å². The van der Waals surface area contributed by atoms with Crippen molar-refractivity contribution < 1.29 is 17.9 Å². The van der Waals surface area contributed by atoms with Gasteiger partial charge in [0.05, 0.1) is 18.4 Å². The van der Waals surface area contributed by atoms with Crippen LogP contribution in [0.5, 0.6) is 5.75 Å². The molecule has 0 atom stereocenters. The number of rotatable bonds is 5. The molecule has 1 aliphatic rings. The Labute approximate surface area is 164 Å². The number of piperazine rings is 1. The summed E-state index contributed by atoms with van der Waals surface area (Å²) in [6, 6.07) is 13.5. The van der Waals surface area contributed by atoms with Crippen LogP contribution in [0.15, 0.2) is 53.4 Å². The maximum absolute atomic E-state index is 12.7. The van der Waals surface area contributed by atoms with Gasteiger partial charge in [-0.3, -0.25) is 4.79 Å². The minimum absolute atomic E-state index is 0.0215. The van der Waals surface area contributed by atoms with Gasteiger partial charge in [-0.05, 0) is 42.0 Å². The second-order valence-corrected chi connectivity index (χ2v) is 8.64. The highest BCUT2D eigenvalue weighted by Gasteiger charge is 2.30. The molecule has 8 heteroatoms. The van der Waals surface area contributed by atoms with Crippen molar-refractivity contribution in [1.29, 1.82) is 0 Å². The summed E-state index contributed by atoms with van der Waals surface area (Å²) >= 11 is 5.83. The maximum Gasteiger partial charge on any atom is 0.243 e. The van der Waals surface area contributed by atoms with Crippen molar-refractivity contribution in [2.75, 3.05) is 33.3 Å². The fourth-order valence-electron chi connectivity index (χ4n) is 3.00. The largest absolute Gasteiger partial charge is 0.497 e. The Bertz CT molecular complexity index is 908. The first-order chi connectivity index (χ1) is 12.9. The summed E-state index contributed by atoms with van der Waals surface area (Å²) in [6.07, 6.45) is 0.265. The summed E-state index contributed by atoms with van der Waals surface area (Å²) in [5.74, 6) is 0.686. The number of nitrogens with zero attached hydrogens (tertiary/aromatic N) is 2. The van der Waals surface area contributed by atoms with Crippen LogP contribution in [0.4, 0.5) is 0 Å². The number of halogens is 1. The molecule has 2 aromatic carbocycles. The van der Waals surface area contributed by atoms with Gasteiger partial charge in [0, 0.05) is 31.2 Å². The zero-order valence-corrected chi connectivity index (χ0v) is 16.5. The van der Waals surface area contributed by atoms with Gasteiger partial charge in [0.25, 0.3) is 0 Å². The molecule has 3 rings (SSSR count). The van der Waals surface area contributed by atoms with Gasteiger partial charge in [-0.2, -0.15) is 4.31 Å². The standard InChI is InChI=1S/C19H21ClN2O4S/c1-26-17-4-2-3-15(13-17)14-19(23)21-9-11-22(12-10-21)27(24,25)18-7-5-16(20)6-8-18/h2-8,13H,9-12,14H2,1H3. The molecule has 1 aliphatic heterocycles. The molecule has 1 saturated heterocycles. The van der Waals surface area contributed by atoms with Crippen molar-refractivity contribution in [3.05, 3.63) is 59.1 Å². The Kier molecular flexibility index (Phi) is 6.04. The molecule has 0 bridgehead atoms. The molecular formula is C19H21ClN2O4S. The lowest BCUT2D eigenvalue weighted by Crippen LogP contribution is -2.50. The fourth-order valence-corrected chi connectivity index (χ4v) is 4.55. The maximum atomic E-state index is 12.7. The quantitative estimate of drug-likeness (QED) is 0.762. The van der Waals surface area contributed by atoms with E-state index in [1.54, 1.807) is 24.1 Å². The smallest absolute Gasteiger partial charge is 0.243 e. The topological polar surface area (TPSA) is 66.9 Å². The van der Waals surface area contributed by atoms with Crippen LogP contribution in [0.25, 0.3) is 0 Å². The third-order valence-electron chi connectivity index (χ3n) is 4.53. The van der Waals surface area contributed by atoms with Gasteiger partial charge in [0.15, 0.2) is 0 Å². The first kappa shape index (κ1) is 19.7. The van der Waals surface area contributed by atoms with Crippen LogP contribution in [0.1, 0.15) is 5.56 Å². The molecule has 1 heterocycles. The predicted octanol–water partition coefficient (Wildman–Crippen LogP) is 2.42. The van der Waals surface area contributed by atoms with Crippen LogP contribution in [0, 0.1) is 0 Å². The highest BCUT2D eigenvalue weighted by Crippen LogP contribution is 2.20. The van der Waals surface area contributed by atoms with E-state index in [2.05, 4.69) is 0 Å². The molecular weight excluding hydrogens is 388 g/mol.